The molecule has 0 unspecified atom stereocenters. The Hall–Kier alpha value is -2.17. The molecule has 1 N–H and O–H groups in total. The van der Waals surface area contributed by atoms with Crippen LogP contribution in [0.1, 0.15) is 19.4 Å². The second kappa shape index (κ2) is 5.44. The van der Waals surface area contributed by atoms with Crippen LogP contribution in [0.3, 0.4) is 0 Å². The number of pyridine rings is 1. The van der Waals surface area contributed by atoms with Crippen LogP contribution in [0, 0.1) is 0 Å². The predicted octanol–water partition coefficient (Wildman–Crippen LogP) is 1.42. The zero-order valence-corrected chi connectivity index (χ0v) is 10.6. The molecule has 0 spiro atoms. The summed E-state index contributed by atoms with van der Waals surface area (Å²) in [7, 11) is 1.46. The van der Waals surface area contributed by atoms with Crippen molar-refractivity contribution in [2.75, 3.05) is 7.05 Å². The van der Waals surface area contributed by atoms with E-state index in [1.165, 1.54) is 31.9 Å². The van der Waals surface area contributed by atoms with Crippen molar-refractivity contribution in [1.82, 2.24) is 9.88 Å². The lowest BCUT2D eigenvalue weighted by Gasteiger charge is -2.30. The van der Waals surface area contributed by atoms with Crippen LogP contribution in [0.5, 0.6) is 0 Å². The summed E-state index contributed by atoms with van der Waals surface area (Å²) in [4.78, 5) is 27.9. The number of carbonyl (C=O) groups excluding carboxylic acids is 1. The predicted molar refractivity (Wildman–Crippen MR) is 67.8 cm³/mol. The number of carboxylic acids is 1. The Balaban J connectivity index is 2.78. The summed E-state index contributed by atoms with van der Waals surface area (Å²) in [5.41, 5.74) is -0.455. The summed E-state index contributed by atoms with van der Waals surface area (Å²) < 4.78 is 0. The van der Waals surface area contributed by atoms with E-state index in [4.69, 9.17) is 5.11 Å². The normalized spacial score (nSPS) is 11.5. The van der Waals surface area contributed by atoms with Gasteiger partial charge in [0, 0.05) is 25.5 Å². The SMILES string of the molecule is CN(C(=O)C=Cc1cccnc1)C(C)(C)C(=O)O. The van der Waals surface area contributed by atoms with E-state index in [0.717, 1.165) is 5.56 Å². The number of likely N-dealkylation sites (N-methyl/N-ethyl adjacent to an activating group) is 1. The van der Waals surface area contributed by atoms with Crippen molar-refractivity contribution in [3.8, 4) is 0 Å². The van der Waals surface area contributed by atoms with Gasteiger partial charge < -0.3 is 10.0 Å². The van der Waals surface area contributed by atoms with Gasteiger partial charge in [0.2, 0.25) is 5.91 Å². The highest BCUT2D eigenvalue weighted by molar-refractivity contribution is 5.95. The maximum absolute atomic E-state index is 11.8. The third-order valence-electron chi connectivity index (χ3n) is 2.80. The van der Waals surface area contributed by atoms with E-state index in [1.54, 1.807) is 30.6 Å². The first kappa shape index (κ1) is 13.9. The van der Waals surface area contributed by atoms with Gasteiger partial charge in [0.1, 0.15) is 5.54 Å². The highest BCUT2D eigenvalue weighted by Crippen LogP contribution is 2.13. The molecule has 0 aliphatic rings. The zero-order chi connectivity index (χ0) is 13.8. The minimum atomic E-state index is -1.24. The van der Waals surface area contributed by atoms with Crippen molar-refractivity contribution in [2.45, 2.75) is 19.4 Å². The van der Waals surface area contributed by atoms with Crippen LogP contribution in [0.25, 0.3) is 6.08 Å². The third-order valence-corrected chi connectivity index (χ3v) is 2.80. The van der Waals surface area contributed by atoms with Gasteiger partial charge in [0.25, 0.3) is 0 Å². The van der Waals surface area contributed by atoms with Crippen LogP contribution in [0.2, 0.25) is 0 Å². The standard InChI is InChI=1S/C13H16N2O3/c1-13(2,12(17)18)15(3)11(16)7-6-10-5-4-8-14-9-10/h4-9H,1-3H3,(H,17,18). The fraction of sp³-hybridized carbons (Fsp3) is 0.308. The smallest absolute Gasteiger partial charge is 0.329 e. The number of hydrogen-bond donors (Lipinski definition) is 1. The topological polar surface area (TPSA) is 70.5 Å². The van der Waals surface area contributed by atoms with E-state index in [-0.39, 0.29) is 5.91 Å². The number of nitrogens with zero attached hydrogens (tertiary/aromatic N) is 2. The van der Waals surface area contributed by atoms with Crippen molar-refractivity contribution >= 4 is 18.0 Å². The molecule has 1 heterocycles. The van der Waals surface area contributed by atoms with Gasteiger partial charge >= 0.3 is 5.97 Å². The van der Waals surface area contributed by atoms with E-state index in [9.17, 15) is 9.59 Å². The Morgan fingerprint density at radius 3 is 2.61 bits per heavy atom. The van der Waals surface area contributed by atoms with E-state index >= 15 is 0 Å². The van der Waals surface area contributed by atoms with E-state index < -0.39 is 11.5 Å². The molecule has 0 fully saturated rings. The molecule has 1 aromatic rings. The number of amides is 1. The summed E-state index contributed by atoms with van der Waals surface area (Å²) in [5.74, 6) is -1.42. The molecular weight excluding hydrogens is 232 g/mol. The molecule has 5 nitrogen and oxygen atoms in total. The van der Waals surface area contributed by atoms with Crippen LogP contribution in [-0.2, 0) is 9.59 Å². The van der Waals surface area contributed by atoms with Crippen molar-refractivity contribution in [3.05, 3.63) is 36.2 Å². The first-order valence-corrected chi connectivity index (χ1v) is 5.45. The molecule has 0 aliphatic carbocycles. The Labute approximate surface area is 106 Å². The maximum atomic E-state index is 11.8. The molecule has 0 saturated carbocycles. The van der Waals surface area contributed by atoms with Crippen LogP contribution < -0.4 is 0 Å². The molecule has 1 amide bonds. The summed E-state index contributed by atoms with van der Waals surface area (Å²) in [5, 5.41) is 9.02. The van der Waals surface area contributed by atoms with Gasteiger partial charge in [0.05, 0.1) is 0 Å². The molecule has 1 rings (SSSR count). The van der Waals surface area contributed by atoms with Gasteiger partial charge in [-0.15, -0.1) is 0 Å². The number of aromatic nitrogens is 1. The summed E-state index contributed by atoms with van der Waals surface area (Å²) >= 11 is 0. The lowest BCUT2D eigenvalue weighted by molar-refractivity contribution is -0.153. The molecule has 96 valence electrons. The highest BCUT2D eigenvalue weighted by Gasteiger charge is 2.34. The number of hydrogen-bond acceptors (Lipinski definition) is 3. The Morgan fingerprint density at radius 2 is 2.11 bits per heavy atom. The van der Waals surface area contributed by atoms with Crippen molar-refractivity contribution in [2.24, 2.45) is 0 Å². The van der Waals surface area contributed by atoms with E-state index in [0.29, 0.717) is 0 Å². The molecule has 0 saturated heterocycles. The second-order valence-corrected chi connectivity index (χ2v) is 4.38. The highest BCUT2D eigenvalue weighted by atomic mass is 16.4. The number of carbonyl (C=O) groups is 2. The molecule has 0 atom stereocenters. The first-order valence-electron chi connectivity index (χ1n) is 5.45. The first-order chi connectivity index (χ1) is 8.35. The Kier molecular flexibility index (Phi) is 4.20. The summed E-state index contributed by atoms with van der Waals surface area (Å²) in [6.07, 6.45) is 6.19. The molecule has 0 aromatic carbocycles. The van der Waals surface area contributed by atoms with E-state index in [1.807, 2.05) is 0 Å². The van der Waals surface area contributed by atoms with Crippen LogP contribution >= 0.6 is 0 Å². The zero-order valence-electron chi connectivity index (χ0n) is 10.6. The summed E-state index contributed by atoms with van der Waals surface area (Å²) in [6.45, 7) is 2.95. The average Bonchev–Trinajstić information content (AvgIpc) is 2.36. The number of rotatable bonds is 4. The van der Waals surface area contributed by atoms with Gasteiger partial charge in [-0.25, -0.2) is 4.79 Å². The lowest BCUT2D eigenvalue weighted by Crippen LogP contribution is -2.50. The second-order valence-electron chi connectivity index (χ2n) is 4.38. The van der Waals surface area contributed by atoms with E-state index in [2.05, 4.69) is 4.98 Å². The average molecular weight is 248 g/mol. The lowest BCUT2D eigenvalue weighted by atomic mass is 10.0. The largest absolute Gasteiger partial charge is 0.480 e. The molecule has 1 aromatic heterocycles. The van der Waals surface area contributed by atoms with Gasteiger partial charge in [-0.1, -0.05) is 6.07 Å². The fourth-order valence-electron chi connectivity index (χ4n) is 1.17. The maximum Gasteiger partial charge on any atom is 0.329 e. The van der Waals surface area contributed by atoms with Crippen molar-refractivity contribution in [3.63, 3.8) is 0 Å². The Bertz CT molecular complexity index is 466. The third kappa shape index (κ3) is 3.16. The number of aliphatic carboxylic acids is 1. The van der Waals surface area contributed by atoms with Crippen molar-refractivity contribution < 1.29 is 14.7 Å². The number of carboxylic acid groups (broad SMARTS) is 1. The molecule has 18 heavy (non-hydrogen) atoms. The van der Waals surface area contributed by atoms with Gasteiger partial charge in [-0.3, -0.25) is 9.78 Å². The molecule has 0 aliphatic heterocycles. The van der Waals surface area contributed by atoms with Crippen LogP contribution in [-0.4, -0.2) is 39.5 Å². The van der Waals surface area contributed by atoms with Crippen LogP contribution in [0.15, 0.2) is 30.6 Å². The molecule has 0 bridgehead atoms. The Morgan fingerprint density at radius 1 is 1.44 bits per heavy atom. The quantitative estimate of drug-likeness (QED) is 0.818. The molecule has 0 radical (unpaired) electrons. The van der Waals surface area contributed by atoms with Gasteiger partial charge in [0.15, 0.2) is 0 Å². The van der Waals surface area contributed by atoms with Gasteiger partial charge in [-0.05, 0) is 31.6 Å². The summed E-state index contributed by atoms with van der Waals surface area (Å²) in [6, 6.07) is 3.56. The monoisotopic (exact) mass is 248 g/mol. The molecule has 5 heteroatoms. The fourth-order valence-corrected chi connectivity index (χ4v) is 1.17. The minimum Gasteiger partial charge on any atom is -0.480 e. The van der Waals surface area contributed by atoms with Gasteiger partial charge in [-0.2, -0.15) is 0 Å². The minimum absolute atomic E-state index is 0.369. The molecular formula is C13H16N2O3. The van der Waals surface area contributed by atoms with Crippen LogP contribution in [0.4, 0.5) is 0 Å². The van der Waals surface area contributed by atoms with Crippen molar-refractivity contribution in [1.29, 1.82) is 0 Å².